The van der Waals surface area contributed by atoms with E-state index in [0.29, 0.717) is 12.8 Å². The number of aromatic nitrogens is 1. The lowest BCUT2D eigenvalue weighted by atomic mass is 9.98. The molecule has 0 fully saturated rings. The zero-order valence-electron chi connectivity index (χ0n) is 8.61. The average molecular weight is 272 g/mol. The van der Waals surface area contributed by atoms with E-state index in [9.17, 15) is 4.79 Å². The molecule has 0 saturated carbocycles. The van der Waals surface area contributed by atoms with Crippen molar-refractivity contribution in [2.45, 2.75) is 26.2 Å². The minimum absolute atomic E-state index is 0.316. The molecule has 1 rings (SSSR count). The first kappa shape index (κ1) is 12.2. The fourth-order valence-corrected chi connectivity index (χ4v) is 1.68. The summed E-state index contributed by atoms with van der Waals surface area (Å²) in [5, 5.41) is 8.98. The molecule has 1 N–H and O–H groups in total. The molecule has 1 aromatic rings. The standard InChI is InChI=1S/C11H14BrNO2/c1-2-3-8(11(14)15)6-10-5-4-9(12)7-13-10/h4-5,7-8H,2-3,6H2,1H3,(H,14,15). The molecular formula is C11H14BrNO2. The minimum Gasteiger partial charge on any atom is -0.481 e. The van der Waals surface area contributed by atoms with Gasteiger partial charge in [-0.3, -0.25) is 9.78 Å². The molecule has 0 bridgehead atoms. The number of nitrogens with zero attached hydrogens (tertiary/aromatic N) is 1. The highest BCUT2D eigenvalue weighted by molar-refractivity contribution is 9.10. The zero-order chi connectivity index (χ0) is 11.3. The van der Waals surface area contributed by atoms with Gasteiger partial charge in [0.05, 0.1) is 5.92 Å². The quantitative estimate of drug-likeness (QED) is 0.896. The third kappa shape index (κ3) is 4.00. The van der Waals surface area contributed by atoms with E-state index in [1.165, 1.54) is 0 Å². The molecule has 1 aromatic heterocycles. The fraction of sp³-hybridized carbons (Fsp3) is 0.455. The van der Waals surface area contributed by atoms with Crippen LogP contribution < -0.4 is 0 Å². The molecule has 0 amide bonds. The lowest BCUT2D eigenvalue weighted by molar-refractivity contribution is -0.141. The van der Waals surface area contributed by atoms with Gasteiger partial charge >= 0.3 is 5.97 Å². The number of carboxylic acids is 1. The third-order valence-electron chi connectivity index (χ3n) is 2.23. The van der Waals surface area contributed by atoms with Crippen molar-refractivity contribution in [2.75, 3.05) is 0 Å². The van der Waals surface area contributed by atoms with E-state index in [1.54, 1.807) is 6.20 Å². The second-order valence-electron chi connectivity index (χ2n) is 3.50. The molecule has 1 atom stereocenters. The van der Waals surface area contributed by atoms with Crippen LogP contribution in [0.3, 0.4) is 0 Å². The van der Waals surface area contributed by atoms with Gasteiger partial charge in [-0.25, -0.2) is 0 Å². The van der Waals surface area contributed by atoms with Crippen LogP contribution >= 0.6 is 15.9 Å². The van der Waals surface area contributed by atoms with Gasteiger partial charge in [0.25, 0.3) is 0 Å². The Morgan fingerprint density at radius 1 is 1.60 bits per heavy atom. The van der Waals surface area contributed by atoms with Crippen LogP contribution in [0.25, 0.3) is 0 Å². The van der Waals surface area contributed by atoms with Crippen LogP contribution in [0.4, 0.5) is 0 Å². The van der Waals surface area contributed by atoms with Crippen LogP contribution in [-0.4, -0.2) is 16.1 Å². The Morgan fingerprint density at radius 2 is 2.33 bits per heavy atom. The van der Waals surface area contributed by atoms with Crippen LogP contribution in [0, 0.1) is 5.92 Å². The summed E-state index contributed by atoms with van der Waals surface area (Å²) in [4.78, 5) is 15.1. The highest BCUT2D eigenvalue weighted by atomic mass is 79.9. The van der Waals surface area contributed by atoms with E-state index < -0.39 is 5.97 Å². The zero-order valence-corrected chi connectivity index (χ0v) is 10.2. The Labute approximate surface area is 97.7 Å². The Hall–Kier alpha value is -0.900. The number of halogens is 1. The van der Waals surface area contributed by atoms with Crippen molar-refractivity contribution in [1.82, 2.24) is 4.98 Å². The summed E-state index contributed by atoms with van der Waals surface area (Å²) in [5.74, 6) is -1.05. The molecule has 0 aliphatic rings. The fourth-order valence-electron chi connectivity index (χ4n) is 1.44. The molecule has 0 saturated heterocycles. The summed E-state index contributed by atoms with van der Waals surface area (Å²) in [6.45, 7) is 1.99. The molecule has 0 aliphatic heterocycles. The molecule has 0 spiro atoms. The van der Waals surface area contributed by atoms with Gasteiger partial charge in [0, 0.05) is 22.8 Å². The SMILES string of the molecule is CCCC(Cc1ccc(Br)cn1)C(=O)O. The van der Waals surface area contributed by atoms with Crippen molar-refractivity contribution >= 4 is 21.9 Å². The van der Waals surface area contributed by atoms with Crippen LogP contribution in [0.5, 0.6) is 0 Å². The van der Waals surface area contributed by atoms with Crippen molar-refractivity contribution in [2.24, 2.45) is 5.92 Å². The van der Waals surface area contributed by atoms with Gasteiger partial charge in [0.15, 0.2) is 0 Å². The normalized spacial score (nSPS) is 12.4. The Kier molecular flexibility index (Phi) is 4.75. The molecule has 0 aromatic carbocycles. The number of hydrogen-bond donors (Lipinski definition) is 1. The number of aliphatic carboxylic acids is 1. The Balaban J connectivity index is 2.65. The van der Waals surface area contributed by atoms with Crippen LogP contribution in [-0.2, 0) is 11.2 Å². The summed E-state index contributed by atoms with van der Waals surface area (Å²) < 4.78 is 0.911. The van der Waals surface area contributed by atoms with Gasteiger partial charge in [0.2, 0.25) is 0 Å². The Morgan fingerprint density at radius 3 is 2.80 bits per heavy atom. The summed E-state index contributed by atoms with van der Waals surface area (Å²) in [5.41, 5.74) is 0.832. The second-order valence-corrected chi connectivity index (χ2v) is 4.41. The lowest BCUT2D eigenvalue weighted by Crippen LogP contribution is -2.16. The smallest absolute Gasteiger partial charge is 0.306 e. The van der Waals surface area contributed by atoms with Gasteiger partial charge in [-0.15, -0.1) is 0 Å². The lowest BCUT2D eigenvalue weighted by Gasteiger charge is -2.10. The highest BCUT2D eigenvalue weighted by Gasteiger charge is 2.17. The van der Waals surface area contributed by atoms with Crippen molar-refractivity contribution in [3.8, 4) is 0 Å². The molecule has 1 unspecified atom stereocenters. The maximum atomic E-state index is 10.9. The molecule has 0 radical (unpaired) electrons. The number of pyridine rings is 1. The largest absolute Gasteiger partial charge is 0.481 e. The van der Waals surface area contributed by atoms with Gasteiger partial charge in [-0.05, 0) is 34.5 Å². The number of carbonyl (C=O) groups is 1. The van der Waals surface area contributed by atoms with Gasteiger partial charge < -0.3 is 5.11 Å². The topological polar surface area (TPSA) is 50.2 Å². The van der Waals surface area contributed by atoms with E-state index in [-0.39, 0.29) is 5.92 Å². The van der Waals surface area contributed by atoms with E-state index in [1.807, 2.05) is 19.1 Å². The summed E-state index contributed by atoms with van der Waals surface area (Å²) in [6, 6.07) is 3.74. The minimum atomic E-state index is -0.735. The Bertz CT molecular complexity index is 324. The van der Waals surface area contributed by atoms with E-state index in [4.69, 9.17) is 5.11 Å². The van der Waals surface area contributed by atoms with Gasteiger partial charge in [-0.1, -0.05) is 13.3 Å². The summed E-state index contributed by atoms with van der Waals surface area (Å²) in [6.07, 6.45) is 3.79. The first-order valence-corrected chi connectivity index (χ1v) is 5.76. The highest BCUT2D eigenvalue weighted by Crippen LogP contribution is 2.15. The second kappa shape index (κ2) is 5.85. The summed E-state index contributed by atoms with van der Waals surface area (Å²) in [7, 11) is 0. The van der Waals surface area contributed by atoms with Crippen molar-refractivity contribution in [3.05, 3.63) is 28.5 Å². The molecule has 4 heteroatoms. The molecule has 1 heterocycles. The predicted molar refractivity (Wildman–Crippen MR) is 61.7 cm³/mol. The van der Waals surface area contributed by atoms with Crippen LogP contribution in [0.1, 0.15) is 25.5 Å². The average Bonchev–Trinajstić information content (AvgIpc) is 2.20. The molecular weight excluding hydrogens is 258 g/mol. The number of hydrogen-bond acceptors (Lipinski definition) is 2. The monoisotopic (exact) mass is 271 g/mol. The predicted octanol–water partition coefficient (Wildman–Crippen LogP) is 2.89. The van der Waals surface area contributed by atoms with Crippen molar-refractivity contribution < 1.29 is 9.90 Å². The van der Waals surface area contributed by atoms with E-state index in [2.05, 4.69) is 20.9 Å². The van der Waals surface area contributed by atoms with E-state index >= 15 is 0 Å². The van der Waals surface area contributed by atoms with Crippen molar-refractivity contribution in [3.63, 3.8) is 0 Å². The molecule has 15 heavy (non-hydrogen) atoms. The van der Waals surface area contributed by atoms with Gasteiger partial charge in [-0.2, -0.15) is 0 Å². The number of carboxylic acid groups (broad SMARTS) is 1. The van der Waals surface area contributed by atoms with Gasteiger partial charge in [0.1, 0.15) is 0 Å². The maximum Gasteiger partial charge on any atom is 0.306 e. The molecule has 3 nitrogen and oxygen atoms in total. The first-order valence-electron chi connectivity index (χ1n) is 4.96. The first-order chi connectivity index (χ1) is 7.13. The van der Waals surface area contributed by atoms with Crippen LogP contribution in [0.15, 0.2) is 22.8 Å². The number of rotatable bonds is 5. The van der Waals surface area contributed by atoms with Crippen molar-refractivity contribution in [1.29, 1.82) is 0 Å². The molecule has 0 aliphatic carbocycles. The summed E-state index contributed by atoms with van der Waals surface area (Å²) >= 11 is 3.29. The third-order valence-corrected chi connectivity index (χ3v) is 2.70. The van der Waals surface area contributed by atoms with Crippen LogP contribution in [0.2, 0.25) is 0 Å². The maximum absolute atomic E-state index is 10.9. The van der Waals surface area contributed by atoms with E-state index in [0.717, 1.165) is 16.6 Å². The molecule has 82 valence electrons.